The fraction of sp³-hybridized carbons (Fsp3) is 0.300. The predicted molar refractivity (Wildman–Crippen MR) is 100 cm³/mol. The van der Waals surface area contributed by atoms with Crippen LogP contribution in [0.3, 0.4) is 0 Å². The minimum atomic E-state index is -0.113. The van der Waals surface area contributed by atoms with Crippen molar-refractivity contribution in [3.05, 3.63) is 65.7 Å². The summed E-state index contributed by atoms with van der Waals surface area (Å²) in [6, 6.07) is 18.2. The van der Waals surface area contributed by atoms with Crippen molar-refractivity contribution >= 4 is 5.91 Å². The Morgan fingerprint density at radius 2 is 1.85 bits per heavy atom. The van der Waals surface area contributed by atoms with E-state index in [0.717, 1.165) is 18.4 Å². The average molecular weight is 349 g/mol. The lowest BCUT2D eigenvalue weighted by molar-refractivity contribution is -0.122. The molecule has 0 radical (unpaired) electrons. The highest BCUT2D eigenvalue weighted by molar-refractivity contribution is 5.75. The lowest BCUT2D eigenvalue weighted by atomic mass is 10.1. The maximum Gasteiger partial charge on any atom is 0.243 e. The van der Waals surface area contributed by atoms with Gasteiger partial charge in [0.15, 0.2) is 0 Å². The zero-order chi connectivity index (χ0) is 18.4. The number of carbonyl (C=O) groups is 1. The van der Waals surface area contributed by atoms with Gasteiger partial charge < -0.3 is 5.32 Å². The summed E-state index contributed by atoms with van der Waals surface area (Å²) in [6.45, 7) is 4.10. The van der Waals surface area contributed by atoms with Gasteiger partial charge >= 0.3 is 0 Å². The average Bonchev–Trinajstić information content (AvgIpc) is 3.09. The maximum absolute atomic E-state index is 12.2. The number of tetrazole rings is 1. The summed E-state index contributed by atoms with van der Waals surface area (Å²) in [5, 5.41) is 15.3. The Morgan fingerprint density at radius 3 is 2.58 bits per heavy atom. The third-order valence-corrected chi connectivity index (χ3v) is 4.16. The van der Waals surface area contributed by atoms with Gasteiger partial charge in [-0.3, -0.25) is 4.79 Å². The van der Waals surface area contributed by atoms with Crippen LogP contribution >= 0.6 is 0 Å². The van der Waals surface area contributed by atoms with E-state index in [1.54, 1.807) is 0 Å². The molecule has 2 aromatic carbocycles. The van der Waals surface area contributed by atoms with Gasteiger partial charge in [-0.1, -0.05) is 60.2 Å². The van der Waals surface area contributed by atoms with Crippen molar-refractivity contribution < 1.29 is 4.79 Å². The van der Waals surface area contributed by atoms with Crippen molar-refractivity contribution in [1.29, 1.82) is 0 Å². The van der Waals surface area contributed by atoms with Crippen molar-refractivity contribution in [2.45, 2.75) is 39.3 Å². The lowest BCUT2D eigenvalue weighted by Crippen LogP contribution is -2.35. The molecule has 1 heterocycles. The number of rotatable bonds is 7. The van der Waals surface area contributed by atoms with E-state index in [4.69, 9.17) is 0 Å². The van der Waals surface area contributed by atoms with E-state index in [9.17, 15) is 4.79 Å². The number of nitrogens with one attached hydrogen (secondary N) is 1. The molecule has 1 atom stereocenters. The van der Waals surface area contributed by atoms with Gasteiger partial charge in [0.1, 0.15) is 6.54 Å². The molecule has 3 rings (SSSR count). The molecule has 0 aliphatic heterocycles. The van der Waals surface area contributed by atoms with E-state index in [-0.39, 0.29) is 18.5 Å². The quantitative estimate of drug-likeness (QED) is 0.712. The number of carbonyl (C=O) groups excluding carboxylic acids is 1. The van der Waals surface area contributed by atoms with Gasteiger partial charge in [0, 0.05) is 11.6 Å². The second-order valence-corrected chi connectivity index (χ2v) is 6.50. The molecule has 0 spiro atoms. The molecule has 134 valence electrons. The molecule has 1 unspecified atom stereocenters. The van der Waals surface area contributed by atoms with Gasteiger partial charge in [-0.2, -0.15) is 4.80 Å². The second kappa shape index (κ2) is 8.38. The Labute approximate surface area is 153 Å². The minimum Gasteiger partial charge on any atom is -0.352 e. The van der Waals surface area contributed by atoms with Crippen LogP contribution in [0, 0.1) is 6.92 Å². The van der Waals surface area contributed by atoms with Gasteiger partial charge in [0.05, 0.1) is 0 Å². The molecule has 0 aliphatic carbocycles. The van der Waals surface area contributed by atoms with E-state index >= 15 is 0 Å². The Bertz CT molecular complexity index is 842. The molecule has 6 nitrogen and oxygen atoms in total. The van der Waals surface area contributed by atoms with E-state index in [0.29, 0.717) is 5.82 Å². The van der Waals surface area contributed by atoms with E-state index in [1.165, 1.54) is 15.9 Å². The molecule has 0 aliphatic rings. The first-order valence-corrected chi connectivity index (χ1v) is 8.78. The van der Waals surface area contributed by atoms with Crippen LogP contribution in [0.15, 0.2) is 54.6 Å². The van der Waals surface area contributed by atoms with Crippen molar-refractivity contribution in [3.8, 4) is 11.4 Å². The third-order valence-electron chi connectivity index (χ3n) is 4.16. The molecular weight excluding hydrogens is 326 g/mol. The molecular formula is C20H23N5O. The fourth-order valence-electron chi connectivity index (χ4n) is 2.68. The van der Waals surface area contributed by atoms with Crippen LogP contribution in [0.2, 0.25) is 0 Å². The van der Waals surface area contributed by atoms with Gasteiger partial charge in [-0.25, -0.2) is 0 Å². The first kappa shape index (κ1) is 17.8. The molecule has 0 saturated carbocycles. The fourth-order valence-corrected chi connectivity index (χ4v) is 2.68. The van der Waals surface area contributed by atoms with Crippen LogP contribution in [0.1, 0.15) is 24.5 Å². The molecule has 1 N–H and O–H groups in total. The number of aryl methyl sites for hydroxylation is 2. The summed E-state index contributed by atoms with van der Waals surface area (Å²) >= 11 is 0. The Balaban J connectivity index is 1.49. The predicted octanol–water partition coefficient (Wildman–Crippen LogP) is 2.79. The monoisotopic (exact) mass is 349 g/mol. The van der Waals surface area contributed by atoms with Crippen LogP contribution in [0.25, 0.3) is 11.4 Å². The van der Waals surface area contributed by atoms with Gasteiger partial charge in [-0.05, 0) is 37.5 Å². The Morgan fingerprint density at radius 1 is 1.12 bits per heavy atom. The van der Waals surface area contributed by atoms with Crippen LogP contribution in [-0.4, -0.2) is 32.2 Å². The number of amides is 1. The lowest BCUT2D eigenvalue weighted by Gasteiger charge is -2.13. The molecule has 1 aromatic heterocycles. The van der Waals surface area contributed by atoms with Gasteiger partial charge in [0.2, 0.25) is 11.7 Å². The third kappa shape index (κ3) is 4.99. The normalized spacial score (nSPS) is 11.9. The standard InChI is InChI=1S/C20H23N5O/c1-15-8-12-18(13-9-15)20-22-24-25(23-20)14-19(26)21-16(2)10-11-17-6-4-3-5-7-17/h3-9,12-13,16H,10-11,14H2,1-2H3,(H,21,26). The minimum absolute atomic E-state index is 0.0640. The molecule has 1 amide bonds. The first-order chi connectivity index (χ1) is 12.6. The molecule has 6 heteroatoms. The highest BCUT2D eigenvalue weighted by Crippen LogP contribution is 2.13. The van der Waals surface area contributed by atoms with Crippen molar-refractivity contribution in [2.24, 2.45) is 0 Å². The first-order valence-electron chi connectivity index (χ1n) is 8.78. The number of aromatic nitrogens is 4. The van der Waals surface area contributed by atoms with Crippen LogP contribution in [0.4, 0.5) is 0 Å². The maximum atomic E-state index is 12.2. The highest BCUT2D eigenvalue weighted by atomic mass is 16.2. The Hall–Kier alpha value is -3.02. The van der Waals surface area contributed by atoms with Crippen LogP contribution < -0.4 is 5.32 Å². The van der Waals surface area contributed by atoms with Crippen LogP contribution in [-0.2, 0) is 17.8 Å². The molecule has 0 saturated heterocycles. The molecule has 0 bridgehead atoms. The molecule has 0 fully saturated rings. The largest absolute Gasteiger partial charge is 0.352 e. The van der Waals surface area contributed by atoms with Crippen molar-refractivity contribution in [1.82, 2.24) is 25.5 Å². The summed E-state index contributed by atoms with van der Waals surface area (Å²) in [6.07, 6.45) is 1.82. The number of hydrogen-bond donors (Lipinski definition) is 1. The van der Waals surface area contributed by atoms with E-state index in [1.807, 2.05) is 56.3 Å². The van der Waals surface area contributed by atoms with E-state index < -0.39 is 0 Å². The molecule has 3 aromatic rings. The van der Waals surface area contributed by atoms with Crippen molar-refractivity contribution in [2.75, 3.05) is 0 Å². The van der Waals surface area contributed by atoms with E-state index in [2.05, 4.69) is 32.9 Å². The Kier molecular flexibility index (Phi) is 5.73. The van der Waals surface area contributed by atoms with Gasteiger partial charge in [-0.15, -0.1) is 10.2 Å². The summed E-state index contributed by atoms with van der Waals surface area (Å²) in [4.78, 5) is 13.5. The smallest absolute Gasteiger partial charge is 0.243 e. The summed E-state index contributed by atoms with van der Waals surface area (Å²) in [7, 11) is 0. The van der Waals surface area contributed by atoms with Crippen molar-refractivity contribution in [3.63, 3.8) is 0 Å². The summed E-state index contributed by atoms with van der Waals surface area (Å²) in [5.41, 5.74) is 3.33. The highest BCUT2D eigenvalue weighted by Gasteiger charge is 2.11. The summed E-state index contributed by atoms with van der Waals surface area (Å²) < 4.78 is 0. The summed E-state index contributed by atoms with van der Waals surface area (Å²) in [5.74, 6) is 0.411. The number of benzene rings is 2. The molecule has 26 heavy (non-hydrogen) atoms. The number of nitrogens with zero attached hydrogens (tertiary/aromatic N) is 4. The van der Waals surface area contributed by atoms with Gasteiger partial charge in [0.25, 0.3) is 0 Å². The zero-order valence-corrected chi connectivity index (χ0v) is 15.1. The zero-order valence-electron chi connectivity index (χ0n) is 15.1. The SMILES string of the molecule is Cc1ccc(-c2nnn(CC(=O)NC(C)CCc3ccccc3)n2)cc1. The van der Waals surface area contributed by atoms with Crippen LogP contribution in [0.5, 0.6) is 0 Å². The second-order valence-electron chi connectivity index (χ2n) is 6.50. The number of hydrogen-bond acceptors (Lipinski definition) is 4. The topological polar surface area (TPSA) is 72.7 Å².